The van der Waals surface area contributed by atoms with Crippen molar-refractivity contribution in [2.75, 3.05) is 53.5 Å². The van der Waals surface area contributed by atoms with Crippen molar-refractivity contribution in [3.8, 4) is 61.8 Å². The number of nitrogens with zero attached hydrogens (tertiary/aromatic N) is 6. The van der Waals surface area contributed by atoms with Crippen molar-refractivity contribution < 1.29 is 42.4 Å². The Morgan fingerprint density at radius 2 is 1.71 bits per heavy atom. The van der Waals surface area contributed by atoms with E-state index in [0.717, 1.165) is 31.1 Å². The maximum atomic E-state index is 14.3. The van der Waals surface area contributed by atoms with Crippen LogP contribution in [0.1, 0.15) is 16.8 Å². The highest BCUT2D eigenvalue weighted by molar-refractivity contribution is 7.22. The van der Waals surface area contributed by atoms with E-state index >= 15 is 0 Å². The summed E-state index contributed by atoms with van der Waals surface area (Å²) in [6.45, 7) is 6.05. The zero-order valence-electron chi connectivity index (χ0n) is 35.6. The van der Waals surface area contributed by atoms with Crippen LogP contribution in [-0.2, 0) is 17.8 Å². The number of hydrogen-bond acceptors (Lipinski definition) is 13. The Morgan fingerprint density at radius 3 is 2.49 bits per heavy atom. The fourth-order valence-electron chi connectivity index (χ4n) is 7.96. The van der Waals surface area contributed by atoms with Gasteiger partial charge in [0.1, 0.15) is 65.1 Å². The highest BCUT2D eigenvalue weighted by atomic mass is 35.5. The van der Waals surface area contributed by atoms with Crippen LogP contribution in [0.25, 0.3) is 43.2 Å². The van der Waals surface area contributed by atoms with Gasteiger partial charge in [0.2, 0.25) is 12.0 Å². The van der Waals surface area contributed by atoms with Crippen molar-refractivity contribution in [1.29, 1.82) is 0 Å². The first-order valence-electron chi connectivity index (χ1n) is 20.9. The Hall–Kier alpha value is -6.46. The molecule has 0 amide bonds. The molecular formula is C48H43ClF2N6O7S. The molecule has 0 radical (unpaired) electrons. The summed E-state index contributed by atoms with van der Waals surface area (Å²) in [4.78, 5) is 37.2. The zero-order valence-corrected chi connectivity index (χ0v) is 37.2. The van der Waals surface area contributed by atoms with E-state index in [1.807, 2.05) is 19.1 Å². The minimum absolute atomic E-state index is 0.0329. The molecule has 3 aliphatic heterocycles. The molecule has 3 aliphatic rings. The summed E-state index contributed by atoms with van der Waals surface area (Å²) in [5, 5.41) is 11.7. The summed E-state index contributed by atoms with van der Waals surface area (Å²) >= 11 is 8.56. The normalized spacial score (nSPS) is 16.9. The Labute approximate surface area is 382 Å². The highest BCUT2D eigenvalue weighted by Crippen LogP contribution is 2.50. The Balaban J connectivity index is 1.13. The van der Waals surface area contributed by atoms with E-state index in [0.29, 0.717) is 83.9 Å². The van der Waals surface area contributed by atoms with E-state index in [4.69, 9.17) is 35.3 Å². The van der Waals surface area contributed by atoms with Crippen LogP contribution in [0.3, 0.4) is 0 Å². The van der Waals surface area contributed by atoms with Gasteiger partial charge in [0.25, 0.3) is 0 Å². The predicted octanol–water partition coefficient (Wildman–Crippen LogP) is 8.77. The lowest BCUT2D eigenvalue weighted by Crippen LogP contribution is -2.49. The lowest BCUT2D eigenvalue weighted by Gasteiger charge is -2.34. The molecule has 3 aromatic heterocycles. The van der Waals surface area contributed by atoms with Crippen LogP contribution in [0.15, 0.2) is 91.4 Å². The fraction of sp³-hybridized carbons (Fsp3) is 0.271. The molecule has 17 heteroatoms. The maximum Gasteiger partial charge on any atom is 0.345 e. The molecule has 4 bridgehead atoms. The lowest BCUT2D eigenvalue weighted by atomic mass is 9.96. The lowest BCUT2D eigenvalue weighted by molar-refractivity contribution is -0.145. The van der Waals surface area contributed by atoms with E-state index < -0.39 is 29.8 Å². The Bertz CT molecular complexity index is 2880. The van der Waals surface area contributed by atoms with Crippen LogP contribution in [0.4, 0.5) is 8.78 Å². The smallest absolute Gasteiger partial charge is 0.345 e. The highest BCUT2D eigenvalue weighted by Gasteiger charge is 2.30. The molecule has 4 aromatic carbocycles. The van der Waals surface area contributed by atoms with E-state index in [2.05, 4.69) is 36.8 Å². The van der Waals surface area contributed by atoms with Gasteiger partial charge in [0, 0.05) is 61.3 Å². The first-order valence-corrected chi connectivity index (χ1v) is 22.0. The molecular weight excluding hydrogens is 878 g/mol. The number of piperazine rings is 1. The molecule has 2 atom stereocenters. The summed E-state index contributed by atoms with van der Waals surface area (Å²) in [7, 11) is 3.58. The topological polar surface area (TPSA) is 141 Å². The second-order valence-electron chi connectivity index (χ2n) is 15.8. The number of carboxylic acids is 1. The van der Waals surface area contributed by atoms with Crippen LogP contribution in [0, 0.1) is 18.6 Å². The van der Waals surface area contributed by atoms with Gasteiger partial charge < -0.3 is 33.7 Å². The third kappa shape index (κ3) is 9.52. The van der Waals surface area contributed by atoms with Crippen molar-refractivity contribution in [3.05, 3.63) is 125 Å². The molecule has 1 saturated heterocycles. The number of ether oxygens (including phenoxy) is 5. The standard InChI is InChI=1S/C48H43ClF2N6O7S/c1-27-35-10-13-39(43(27)49)63-34(23-57-18-16-56(2)17-19-57)25-61-33-9-12-37(62-24-32-14-15-52-45(55-32)36-22-31(51)8-11-38(36)60-3)29(20-33)21-40(48(58)59)64-46-42-41(35)44(65-47(42)54-26-53-46)28-4-6-30(50)7-5-28/h4-15,20,22,26,34,40H,16-19,21,23-25H2,1-3H3,(H,58,59)/t34-,40-/m1/s1. The number of likely N-dealkylation sites (N-methyl/N-ethyl adjacent to an activating group) is 1. The van der Waals surface area contributed by atoms with Crippen LogP contribution in [0.2, 0.25) is 5.02 Å². The van der Waals surface area contributed by atoms with Gasteiger partial charge in [0.15, 0.2) is 5.82 Å². The van der Waals surface area contributed by atoms with Gasteiger partial charge in [-0.15, -0.1) is 11.3 Å². The first kappa shape index (κ1) is 43.8. The first-order chi connectivity index (χ1) is 31.5. The number of hydrogen-bond donors (Lipinski definition) is 1. The van der Waals surface area contributed by atoms with Gasteiger partial charge in [-0.3, -0.25) is 4.90 Å². The van der Waals surface area contributed by atoms with Gasteiger partial charge in [-0.05, 0) is 91.3 Å². The number of fused-ring (bicyclic) bond motifs is 7. The van der Waals surface area contributed by atoms with Gasteiger partial charge in [-0.1, -0.05) is 29.8 Å². The Kier molecular flexibility index (Phi) is 12.8. The summed E-state index contributed by atoms with van der Waals surface area (Å²) in [6, 6.07) is 20.8. The quantitative estimate of drug-likeness (QED) is 0.148. The van der Waals surface area contributed by atoms with E-state index in [9.17, 15) is 18.7 Å². The van der Waals surface area contributed by atoms with Crippen molar-refractivity contribution >= 4 is 39.1 Å². The molecule has 334 valence electrons. The minimum atomic E-state index is -1.48. The fourth-order valence-corrected chi connectivity index (χ4v) is 9.33. The SMILES string of the molecule is COc1ccc(F)cc1-c1nccc(COc2ccc3cc2C[C@H](C(=O)O)Oc2ncnc4sc(-c5ccc(F)cc5)c(c24)-c2ccc(c(Cl)c2C)O[C@H](CN2CCN(C)CC2)CO3)n1. The number of carboxylic acid groups (broad SMARTS) is 1. The molecule has 7 aromatic rings. The number of carbonyl (C=O) groups is 1. The van der Waals surface area contributed by atoms with Crippen LogP contribution in [0.5, 0.6) is 28.9 Å². The van der Waals surface area contributed by atoms with Gasteiger partial charge >= 0.3 is 5.97 Å². The number of methoxy groups -OCH3 is 1. The van der Waals surface area contributed by atoms with Crippen LogP contribution < -0.4 is 23.7 Å². The van der Waals surface area contributed by atoms with Crippen molar-refractivity contribution in [3.63, 3.8) is 0 Å². The summed E-state index contributed by atoms with van der Waals surface area (Å²) in [5.74, 6) is -0.184. The van der Waals surface area contributed by atoms with Gasteiger partial charge in [-0.25, -0.2) is 33.5 Å². The molecule has 13 nitrogen and oxygen atoms in total. The molecule has 0 unspecified atom stereocenters. The van der Waals surface area contributed by atoms with E-state index in [1.165, 1.54) is 55.1 Å². The van der Waals surface area contributed by atoms with Crippen molar-refractivity contribution in [2.45, 2.75) is 32.2 Å². The average Bonchev–Trinajstić information content (AvgIpc) is 3.70. The third-order valence-electron chi connectivity index (χ3n) is 11.4. The second-order valence-corrected chi connectivity index (χ2v) is 17.2. The number of benzene rings is 4. The average molecular weight is 921 g/mol. The summed E-state index contributed by atoms with van der Waals surface area (Å²) in [6.07, 6.45) is 0.749. The van der Waals surface area contributed by atoms with Crippen molar-refractivity contribution in [1.82, 2.24) is 29.7 Å². The predicted molar refractivity (Wildman–Crippen MR) is 242 cm³/mol. The molecule has 10 rings (SSSR count). The number of rotatable bonds is 9. The van der Waals surface area contributed by atoms with Gasteiger partial charge in [-0.2, -0.15) is 0 Å². The maximum absolute atomic E-state index is 14.3. The summed E-state index contributed by atoms with van der Waals surface area (Å²) in [5.41, 5.74) is 4.07. The number of thiophene rings is 1. The number of aromatic nitrogens is 4. The van der Waals surface area contributed by atoms with Crippen LogP contribution >= 0.6 is 22.9 Å². The van der Waals surface area contributed by atoms with E-state index in [-0.39, 0.29) is 31.3 Å². The second kappa shape index (κ2) is 18.9. The zero-order chi connectivity index (χ0) is 45.2. The largest absolute Gasteiger partial charge is 0.496 e. The van der Waals surface area contributed by atoms with E-state index in [1.54, 1.807) is 42.6 Å². The van der Waals surface area contributed by atoms with Crippen LogP contribution in [-0.4, -0.2) is 107 Å². The molecule has 65 heavy (non-hydrogen) atoms. The molecule has 0 spiro atoms. The van der Waals surface area contributed by atoms with Gasteiger partial charge in [0.05, 0.1) is 28.8 Å². The monoisotopic (exact) mass is 920 g/mol. The Morgan fingerprint density at radius 1 is 0.923 bits per heavy atom. The number of aliphatic carboxylic acids is 1. The molecule has 0 saturated carbocycles. The minimum Gasteiger partial charge on any atom is -0.496 e. The molecule has 0 aliphatic carbocycles. The molecule has 6 heterocycles. The summed E-state index contributed by atoms with van der Waals surface area (Å²) < 4.78 is 60.0. The number of halogens is 3. The van der Waals surface area contributed by atoms with Crippen molar-refractivity contribution in [2.24, 2.45) is 0 Å². The third-order valence-corrected chi connectivity index (χ3v) is 13.0. The molecule has 1 fully saturated rings. The molecule has 1 N–H and O–H groups in total.